The molecule has 0 aromatic heterocycles. The highest BCUT2D eigenvalue weighted by atomic mass is 16.5. The highest BCUT2D eigenvalue weighted by molar-refractivity contribution is 5.92. The van der Waals surface area contributed by atoms with Crippen molar-refractivity contribution in [2.45, 2.75) is 13.3 Å². The Morgan fingerprint density at radius 3 is 2.77 bits per heavy atom. The number of amides is 1. The third kappa shape index (κ3) is 4.41. The van der Waals surface area contributed by atoms with E-state index in [-0.39, 0.29) is 12.3 Å². The number of carbonyl (C=O) groups excluding carboxylic acids is 1. The van der Waals surface area contributed by atoms with Crippen molar-refractivity contribution in [1.29, 1.82) is 0 Å². The summed E-state index contributed by atoms with van der Waals surface area (Å²) in [5.41, 5.74) is 7.97. The smallest absolute Gasteiger partial charge is 0.227 e. The number of nitrogens with one attached hydrogen (secondary N) is 1. The number of carbonyl (C=O) groups is 1. The number of nitrogen functional groups attached to an aromatic ring is 1. The lowest BCUT2D eigenvalue weighted by Gasteiger charge is -2.11. The molecule has 5 heteroatoms. The maximum Gasteiger partial charge on any atom is 0.227 e. The Hall–Kier alpha value is -2.69. The van der Waals surface area contributed by atoms with Crippen LogP contribution in [0.25, 0.3) is 0 Å². The summed E-state index contributed by atoms with van der Waals surface area (Å²) in [5, 5.41) is 2.79. The van der Waals surface area contributed by atoms with Gasteiger partial charge in [0.15, 0.2) is 0 Å². The lowest BCUT2D eigenvalue weighted by Crippen LogP contribution is -2.15. The standard InChI is InChI=1S/C17H20N2O3/c1-12-4-3-5-14(10-12)22-9-8-17(20)19-15-7-6-13(18)11-16(15)21-2/h3-7,10-11H,8-9,18H2,1-2H3,(H,19,20). The molecule has 22 heavy (non-hydrogen) atoms. The predicted molar refractivity (Wildman–Crippen MR) is 87.3 cm³/mol. The molecule has 0 aliphatic rings. The summed E-state index contributed by atoms with van der Waals surface area (Å²) in [6.07, 6.45) is 0.251. The van der Waals surface area contributed by atoms with E-state index in [1.54, 1.807) is 18.2 Å². The van der Waals surface area contributed by atoms with Crippen LogP contribution in [-0.4, -0.2) is 19.6 Å². The number of anilines is 2. The second-order valence-corrected chi connectivity index (χ2v) is 4.92. The molecular formula is C17H20N2O3. The van der Waals surface area contributed by atoms with Crippen LogP contribution in [0.3, 0.4) is 0 Å². The largest absolute Gasteiger partial charge is 0.494 e. The van der Waals surface area contributed by atoms with Gasteiger partial charge in [-0.1, -0.05) is 12.1 Å². The van der Waals surface area contributed by atoms with Crippen LogP contribution in [-0.2, 0) is 4.79 Å². The number of benzene rings is 2. The van der Waals surface area contributed by atoms with Gasteiger partial charge in [0.2, 0.25) is 5.91 Å². The topological polar surface area (TPSA) is 73.6 Å². The van der Waals surface area contributed by atoms with Crippen LogP contribution in [0.15, 0.2) is 42.5 Å². The highest BCUT2D eigenvalue weighted by Crippen LogP contribution is 2.26. The van der Waals surface area contributed by atoms with Crippen LogP contribution in [0, 0.1) is 6.92 Å². The maximum atomic E-state index is 11.9. The third-order valence-electron chi connectivity index (χ3n) is 3.09. The minimum atomic E-state index is -0.143. The Bertz CT molecular complexity index is 656. The molecule has 5 nitrogen and oxygen atoms in total. The summed E-state index contributed by atoms with van der Waals surface area (Å²) in [7, 11) is 1.53. The van der Waals surface area contributed by atoms with Crippen molar-refractivity contribution in [3.05, 3.63) is 48.0 Å². The number of aryl methyl sites for hydroxylation is 1. The number of methoxy groups -OCH3 is 1. The van der Waals surface area contributed by atoms with Gasteiger partial charge in [0.1, 0.15) is 11.5 Å². The summed E-state index contributed by atoms with van der Waals surface area (Å²) < 4.78 is 10.7. The van der Waals surface area contributed by atoms with Crippen molar-refractivity contribution in [3.8, 4) is 11.5 Å². The van der Waals surface area contributed by atoms with Crippen LogP contribution < -0.4 is 20.5 Å². The van der Waals surface area contributed by atoms with Gasteiger partial charge < -0.3 is 20.5 Å². The first kappa shape index (κ1) is 15.7. The molecule has 0 fully saturated rings. The second-order valence-electron chi connectivity index (χ2n) is 4.92. The Labute approximate surface area is 130 Å². The molecule has 0 radical (unpaired) electrons. The molecule has 3 N–H and O–H groups in total. The van der Waals surface area contributed by atoms with E-state index in [2.05, 4.69) is 5.32 Å². The Kier molecular flexibility index (Phi) is 5.25. The molecule has 0 saturated heterocycles. The third-order valence-corrected chi connectivity index (χ3v) is 3.09. The van der Waals surface area contributed by atoms with E-state index in [1.807, 2.05) is 31.2 Å². The zero-order valence-corrected chi connectivity index (χ0v) is 12.8. The van der Waals surface area contributed by atoms with Crippen molar-refractivity contribution in [2.75, 3.05) is 24.8 Å². The van der Waals surface area contributed by atoms with Gasteiger partial charge in [-0.3, -0.25) is 4.79 Å². The molecule has 0 saturated carbocycles. The zero-order valence-electron chi connectivity index (χ0n) is 12.8. The molecular weight excluding hydrogens is 280 g/mol. The van der Waals surface area contributed by atoms with Crippen molar-refractivity contribution < 1.29 is 14.3 Å². The zero-order chi connectivity index (χ0) is 15.9. The quantitative estimate of drug-likeness (QED) is 0.804. The van der Waals surface area contributed by atoms with E-state index < -0.39 is 0 Å². The maximum absolute atomic E-state index is 11.9. The molecule has 2 aromatic carbocycles. The molecule has 0 unspecified atom stereocenters. The van der Waals surface area contributed by atoms with Crippen molar-refractivity contribution in [3.63, 3.8) is 0 Å². The first-order valence-electron chi connectivity index (χ1n) is 7.01. The van der Waals surface area contributed by atoms with Gasteiger partial charge in [-0.05, 0) is 36.8 Å². The normalized spacial score (nSPS) is 10.1. The monoisotopic (exact) mass is 300 g/mol. The fourth-order valence-corrected chi connectivity index (χ4v) is 1.99. The molecule has 0 bridgehead atoms. The molecule has 2 aromatic rings. The predicted octanol–water partition coefficient (Wildman–Crippen LogP) is 2.99. The Morgan fingerprint density at radius 2 is 2.05 bits per heavy atom. The van der Waals surface area contributed by atoms with Gasteiger partial charge in [0.25, 0.3) is 0 Å². The van der Waals surface area contributed by atoms with Gasteiger partial charge in [-0.25, -0.2) is 0 Å². The molecule has 0 spiro atoms. The summed E-state index contributed by atoms with van der Waals surface area (Å²) in [6, 6.07) is 12.8. The molecule has 0 heterocycles. The number of ether oxygens (including phenoxy) is 2. The Morgan fingerprint density at radius 1 is 1.23 bits per heavy atom. The van der Waals surface area contributed by atoms with Gasteiger partial charge in [0, 0.05) is 11.8 Å². The Balaban J connectivity index is 1.86. The van der Waals surface area contributed by atoms with Gasteiger partial charge in [-0.2, -0.15) is 0 Å². The molecule has 0 aliphatic heterocycles. The van der Waals surface area contributed by atoms with Crippen LogP contribution in [0.1, 0.15) is 12.0 Å². The number of nitrogens with two attached hydrogens (primary N) is 1. The van der Waals surface area contributed by atoms with Crippen molar-refractivity contribution in [2.24, 2.45) is 0 Å². The lowest BCUT2D eigenvalue weighted by atomic mass is 10.2. The fourth-order valence-electron chi connectivity index (χ4n) is 1.99. The molecule has 0 atom stereocenters. The first-order chi connectivity index (χ1) is 10.6. The van der Waals surface area contributed by atoms with E-state index in [9.17, 15) is 4.79 Å². The van der Waals surface area contributed by atoms with E-state index in [0.717, 1.165) is 11.3 Å². The van der Waals surface area contributed by atoms with E-state index in [1.165, 1.54) is 7.11 Å². The SMILES string of the molecule is COc1cc(N)ccc1NC(=O)CCOc1cccc(C)c1. The minimum absolute atomic E-state index is 0.143. The first-order valence-corrected chi connectivity index (χ1v) is 7.01. The molecule has 0 aliphatic carbocycles. The van der Waals surface area contributed by atoms with Crippen molar-refractivity contribution in [1.82, 2.24) is 0 Å². The number of rotatable bonds is 6. The highest BCUT2D eigenvalue weighted by Gasteiger charge is 2.08. The van der Waals surface area contributed by atoms with Gasteiger partial charge in [0.05, 0.1) is 25.8 Å². The molecule has 2 rings (SSSR count). The fraction of sp³-hybridized carbons (Fsp3) is 0.235. The van der Waals surface area contributed by atoms with Crippen molar-refractivity contribution >= 4 is 17.3 Å². The van der Waals surface area contributed by atoms with Crippen LogP contribution in [0.5, 0.6) is 11.5 Å². The molecule has 1 amide bonds. The average molecular weight is 300 g/mol. The summed E-state index contributed by atoms with van der Waals surface area (Å²) in [4.78, 5) is 11.9. The van der Waals surface area contributed by atoms with E-state index >= 15 is 0 Å². The van der Waals surface area contributed by atoms with Gasteiger partial charge >= 0.3 is 0 Å². The lowest BCUT2D eigenvalue weighted by molar-refractivity contribution is -0.116. The average Bonchev–Trinajstić information content (AvgIpc) is 2.49. The summed E-state index contributed by atoms with van der Waals surface area (Å²) >= 11 is 0. The van der Waals surface area contributed by atoms with Crippen LogP contribution >= 0.6 is 0 Å². The van der Waals surface area contributed by atoms with Crippen LogP contribution in [0.4, 0.5) is 11.4 Å². The minimum Gasteiger partial charge on any atom is -0.494 e. The number of hydrogen-bond donors (Lipinski definition) is 2. The van der Waals surface area contributed by atoms with E-state index in [4.69, 9.17) is 15.2 Å². The van der Waals surface area contributed by atoms with Crippen LogP contribution in [0.2, 0.25) is 0 Å². The van der Waals surface area contributed by atoms with E-state index in [0.29, 0.717) is 23.7 Å². The second kappa shape index (κ2) is 7.36. The summed E-state index contributed by atoms with van der Waals surface area (Å²) in [5.74, 6) is 1.15. The number of hydrogen-bond acceptors (Lipinski definition) is 4. The summed E-state index contributed by atoms with van der Waals surface area (Å²) in [6.45, 7) is 2.31. The van der Waals surface area contributed by atoms with Gasteiger partial charge in [-0.15, -0.1) is 0 Å². The molecule has 116 valence electrons.